The van der Waals surface area contributed by atoms with E-state index in [0.717, 1.165) is 16.9 Å². The van der Waals surface area contributed by atoms with E-state index in [4.69, 9.17) is 16.9 Å². The highest BCUT2D eigenvalue weighted by molar-refractivity contribution is 6.31. The van der Waals surface area contributed by atoms with Crippen molar-refractivity contribution in [1.29, 1.82) is 5.26 Å². The lowest BCUT2D eigenvalue weighted by Gasteiger charge is -2.11. The summed E-state index contributed by atoms with van der Waals surface area (Å²) >= 11 is 6.13. The molecule has 4 heteroatoms. The Bertz CT molecular complexity index is 620. The molecule has 1 aromatic carbocycles. The summed E-state index contributed by atoms with van der Waals surface area (Å²) in [4.78, 5) is 0. The summed E-state index contributed by atoms with van der Waals surface area (Å²) in [7, 11) is 0. The molecule has 92 valence electrons. The van der Waals surface area contributed by atoms with Gasteiger partial charge in [-0.2, -0.15) is 10.4 Å². The summed E-state index contributed by atoms with van der Waals surface area (Å²) < 4.78 is 1.79. The van der Waals surface area contributed by atoms with Crippen LogP contribution < -0.4 is 0 Å². The van der Waals surface area contributed by atoms with E-state index >= 15 is 0 Å². The fourth-order valence-corrected chi connectivity index (χ4v) is 2.09. The number of aryl methyl sites for hydroxylation is 1. The molecule has 0 radical (unpaired) electrons. The third-order valence-electron chi connectivity index (χ3n) is 2.87. The van der Waals surface area contributed by atoms with Crippen molar-refractivity contribution in [3.05, 3.63) is 46.2 Å². The van der Waals surface area contributed by atoms with Crippen LogP contribution in [0.1, 0.15) is 36.6 Å². The van der Waals surface area contributed by atoms with Gasteiger partial charge in [0, 0.05) is 5.02 Å². The molecule has 0 bridgehead atoms. The summed E-state index contributed by atoms with van der Waals surface area (Å²) in [6.45, 7) is 6.05. The van der Waals surface area contributed by atoms with E-state index < -0.39 is 0 Å². The second-order valence-corrected chi connectivity index (χ2v) is 4.96. The van der Waals surface area contributed by atoms with Gasteiger partial charge in [-0.15, -0.1) is 0 Å². The van der Waals surface area contributed by atoms with Crippen LogP contribution in [-0.4, -0.2) is 9.78 Å². The van der Waals surface area contributed by atoms with Crippen molar-refractivity contribution < 1.29 is 0 Å². The average Bonchev–Trinajstić information content (AvgIpc) is 2.76. The summed E-state index contributed by atoms with van der Waals surface area (Å²) in [5, 5.41) is 14.1. The van der Waals surface area contributed by atoms with Gasteiger partial charge in [0.1, 0.15) is 6.07 Å². The Labute approximate surface area is 112 Å². The zero-order valence-corrected chi connectivity index (χ0v) is 11.4. The van der Waals surface area contributed by atoms with Crippen molar-refractivity contribution in [3.63, 3.8) is 0 Å². The van der Waals surface area contributed by atoms with Crippen LogP contribution in [0, 0.1) is 18.3 Å². The van der Waals surface area contributed by atoms with Crippen LogP contribution in [0.4, 0.5) is 0 Å². The van der Waals surface area contributed by atoms with Gasteiger partial charge < -0.3 is 0 Å². The Morgan fingerprint density at radius 1 is 1.39 bits per heavy atom. The molecule has 2 rings (SSSR count). The van der Waals surface area contributed by atoms with Gasteiger partial charge >= 0.3 is 0 Å². The minimum absolute atomic E-state index is 0.224. The zero-order chi connectivity index (χ0) is 13.3. The maximum absolute atomic E-state index is 9.10. The van der Waals surface area contributed by atoms with Crippen molar-refractivity contribution in [3.8, 4) is 11.8 Å². The topological polar surface area (TPSA) is 41.6 Å². The van der Waals surface area contributed by atoms with Crippen LogP contribution in [0.5, 0.6) is 0 Å². The van der Waals surface area contributed by atoms with Crippen LogP contribution in [-0.2, 0) is 0 Å². The predicted octanol–water partition coefficient (Wildman–Crippen LogP) is 3.83. The number of nitriles is 1. The fraction of sp³-hybridized carbons (Fsp3) is 0.286. The lowest BCUT2D eigenvalue weighted by Crippen LogP contribution is -2.05. The van der Waals surface area contributed by atoms with E-state index in [1.165, 1.54) is 0 Å². The van der Waals surface area contributed by atoms with Gasteiger partial charge in [0.2, 0.25) is 0 Å². The number of aromatic nitrogens is 2. The third kappa shape index (κ3) is 2.12. The molecular formula is C14H14ClN3. The molecule has 0 saturated carbocycles. The van der Waals surface area contributed by atoms with Gasteiger partial charge in [-0.3, -0.25) is 0 Å². The van der Waals surface area contributed by atoms with Crippen LogP contribution in [0.3, 0.4) is 0 Å². The van der Waals surface area contributed by atoms with Gasteiger partial charge in [-0.25, -0.2) is 4.68 Å². The van der Waals surface area contributed by atoms with E-state index in [1.54, 1.807) is 10.9 Å². The van der Waals surface area contributed by atoms with Crippen molar-refractivity contribution in [2.45, 2.75) is 26.7 Å². The Balaban J connectivity index is 2.61. The first-order chi connectivity index (χ1) is 8.54. The van der Waals surface area contributed by atoms with Gasteiger partial charge in [-0.1, -0.05) is 31.5 Å². The molecule has 0 atom stereocenters. The SMILES string of the molecule is Cc1ccc(-n2ncc(C#N)c2C(C)C)cc1Cl. The molecule has 0 amide bonds. The Kier molecular flexibility index (Phi) is 3.40. The van der Waals surface area contributed by atoms with Crippen molar-refractivity contribution in [2.24, 2.45) is 0 Å². The van der Waals surface area contributed by atoms with E-state index in [1.807, 2.05) is 39.0 Å². The van der Waals surface area contributed by atoms with Crippen molar-refractivity contribution in [2.75, 3.05) is 0 Å². The fourth-order valence-electron chi connectivity index (χ4n) is 1.92. The highest BCUT2D eigenvalue weighted by atomic mass is 35.5. The molecule has 3 nitrogen and oxygen atoms in total. The number of rotatable bonds is 2. The second kappa shape index (κ2) is 4.83. The van der Waals surface area contributed by atoms with E-state index in [0.29, 0.717) is 10.6 Å². The maximum atomic E-state index is 9.10. The molecule has 0 aliphatic carbocycles. The Morgan fingerprint density at radius 2 is 2.11 bits per heavy atom. The van der Waals surface area contributed by atoms with Crippen LogP contribution in [0.2, 0.25) is 5.02 Å². The number of hydrogen-bond acceptors (Lipinski definition) is 2. The highest BCUT2D eigenvalue weighted by Crippen LogP contribution is 2.25. The van der Waals surface area contributed by atoms with Crippen molar-refractivity contribution in [1.82, 2.24) is 9.78 Å². The second-order valence-electron chi connectivity index (χ2n) is 4.56. The summed E-state index contributed by atoms with van der Waals surface area (Å²) in [5.74, 6) is 0.224. The molecule has 2 aromatic rings. The summed E-state index contributed by atoms with van der Waals surface area (Å²) in [6.07, 6.45) is 1.60. The molecular weight excluding hydrogens is 246 g/mol. The normalized spacial score (nSPS) is 10.7. The molecule has 1 heterocycles. The minimum Gasteiger partial charge on any atom is -0.236 e. The maximum Gasteiger partial charge on any atom is 0.103 e. The number of halogens is 1. The predicted molar refractivity (Wildman–Crippen MR) is 72.1 cm³/mol. The molecule has 0 spiro atoms. The summed E-state index contributed by atoms with van der Waals surface area (Å²) in [6, 6.07) is 7.96. The zero-order valence-electron chi connectivity index (χ0n) is 10.6. The average molecular weight is 260 g/mol. The van der Waals surface area contributed by atoms with Crippen LogP contribution in [0.25, 0.3) is 5.69 Å². The first-order valence-corrected chi connectivity index (χ1v) is 6.17. The standard InChI is InChI=1S/C14H14ClN3/c1-9(2)14-11(7-16)8-17-18(14)12-5-4-10(3)13(15)6-12/h4-6,8-9H,1-3H3. The van der Waals surface area contributed by atoms with Crippen LogP contribution in [0.15, 0.2) is 24.4 Å². The number of nitrogens with zero attached hydrogens (tertiary/aromatic N) is 3. The Morgan fingerprint density at radius 3 is 2.67 bits per heavy atom. The Hall–Kier alpha value is -1.79. The van der Waals surface area contributed by atoms with E-state index in [9.17, 15) is 0 Å². The quantitative estimate of drug-likeness (QED) is 0.822. The summed E-state index contributed by atoms with van der Waals surface area (Å²) in [5.41, 5.74) is 3.44. The first kappa shape index (κ1) is 12.7. The monoisotopic (exact) mass is 259 g/mol. The largest absolute Gasteiger partial charge is 0.236 e. The van der Waals surface area contributed by atoms with E-state index in [-0.39, 0.29) is 5.92 Å². The molecule has 0 unspecified atom stereocenters. The third-order valence-corrected chi connectivity index (χ3v) is 3.28. The van der Waals surface area contributed by atoms with E-state index in [2.05, 4.69) is 11.2 Å². The van der Waals surface area contributed by atoms with Gasteiger partial charge in [0.25, 0.3) is 0 Å². The molecule has 0 N–H and O–H groups in total. The van der Waals surface area contributed by atoms with Gasteiger partial charge in [0.15, 0.2) is 0 Å². The molecule has 18 heavy (non-hydrogen) atoms. The molecule has 0 aliphatic heterocycles. The van der Waals surface area contributed by atoms with Gasteiger partial charge in [-0.05, 0) is 30.5 Å². The molecule has 0 aliphatic rings. The molecule has 0 saturated heterocycles. The lowest BCUT2D eigenvalue weighted by atomic mass is 10.1. The first-order valence-electron chi connectivity index (χ1n) is 5.79. The lowest BCUT2D eigenvalue weighted by molar-refractivity contribution is 0.732. The highest BCUT2D eigenvalue weighted by Gasteiger charge is 2.15. The van der Waals surface area contributed by atoms with Gasteiger partial charge in [0.05, 0.1) is 23.1 Å². The number of hydrogen-bond donors (Lipinski definition) is 0. The van der Waals surface area contributed by atoms with Crippen LogP contribution >= 0.6 is 11.6 Å². The smallest absolute Gasteiger partial charge is 0.103 e. The molecule has 1 aromatic heterocycles. The minimum atomic E-state index is 0.224. The molecule has 0 fully saturated rings. The number of benzene rings is 1. The van der Waals surface area contributed by atoms with Crippen molar-refractivity contribution >= 4 is 11.6 Å².